The summed E-state index contributed by atoms with van der Waals surface area (Å²) in [6.45, 7) is 4.43. The molecular formula is C13H16F3NO5S. The zero-order valence-electron chi connectivity index (χ0n) is 12.7. The van der Waals surface area contributed by atoms with Gasteiger partial charge in [-0.15, -0.1) is 0 Å². The van der Waals surface area contributed by atoms with Crippen LogP contribution in [-0.4, -0.2) is 44.9 Å². The minimum absolute atomic E-state index is 0.141. The van der Waals surface area contributed by atoms with E-state index in [-0.39, 0.29) is 17.2 Å². The number of rotatable bonds is 6. The predicted octanol–water partition coefficient (Wildman–Crippen LogP) is 2.41. The molecule has 0 aliphatic heterocycles. The monoisotopic (exact) mass is 355 g/mol. The van der Waals surface area contributed by atoms with Gasteiger partial charge >= 0.3 is 15.6 Å². The molecule has 0 saturated heterocycles. The molecule has 0 spiro atoms. The van der Waals surface area contributed by atoms with Crippen LogP contribution < -0.4 is 8.92 Å². The summed E-state index contributed by atoms with van der Waals surface area (Å²) in [5.74, 6) is -1.31. The second-order valence-electron chi connectivity index (χ2n) is 4.33. The van der Waals surface area contributed by atoms with Gasteiger partial charge in [-0.2, -0.15) is 21.6 Å². The molecular weight excluding hydrogens is 339 g/mol. The number of carbonyl (C=O) groups excluding carboxylic acids is 1. The molecule has 0 radical (unpaired) electrons. The van der Waals surface area contributed by atoms with Crippen LogP contribution in [0.4, 0.5) is 13.2 Å². The summed E-state index contributed by atoms with van der Waals surface area (Å²) in [7, 11) is -4.70. The molecule has 0 saturated carbocycles. The molecule has 0 bridgehead atoms. The summed E-state index contributed by atoms with van der Waals surface area (Å²) in [6, 6.07) is 3.24. The van der Waals surface area contributed by atoms with Crippen LogP contribution in [0.25, 0.3) is 0 Å². The average Bonchev–Trinajstić information content (AvgIpc) is 2.47. The van der Waals surface area contributed by atoms with Gasteiger partial charge in [0.2, 0.25) is 0 Å². The first-order valence-corrected chi connectivity index (χ1v) is 7.96. The fourth-order valence-corrected chi connectivity index (χ4v) is 2.20. The Bertz CT molecular complexity index is 669. The first-order valence-electron chi connectivity index (χ1n) is 6.55. The van der Waals surface area contributed by atoms with E-state index in [1.54, 1.807) is 13.8 Å². The summed E-state index contributed by atoms with van der Waals surface area (Å²) < 4.78 is 67.9. The van der Waals surface area contributed by atoms with Gasteiger partial charge in [-0.25, -0.2) is 0 Å². The van der Waals surface area contributed by atoms with Gasteiger partial charge in [0.25, 0.3) is 5.91 Å². The lowest BCUT2D eigenvalue weighted by molar-refractivity contribution is -0.0500. The van der Waals surface area contributed by atoms with Crippen molar-refractivity contribution in [1.29, 1.82) is 0 Å². The van der Waals surface area contributed by atoms with Crippen molar-refractivity contribution in [3.8, 4) is 11.5 Å². The number of halogens is 3. The highest BCUT2D eigenvalue weighted by molar-refractivity contribution is 7.88. The number of hydrogen-bond donors (Lipinski definition) is 0. The van der Waals surface area contributed by atoms with E-state index in [1.807, 2.05) is 0 Å². The second kappa shape index (κ2) is 7.07. The highest BCUT2D eigenvalue weighted by Crippen LogP contribution is 2.33. The van der Waals surface area contributed by atoms with Crippen LogP contribution in [0.3, 0.4) is 0 Å². The Hall–Kier alpha value is -1.97. The number of methoxy groups -OCH3 is 1. The van der Waals surface area contributed by atoms with E-state index in [2.05, 4.69) is 4.18 Å². The zero-order valence-corrected chi connectivity index (χ0v) is 13.5. The summed E-state index contributed by atoms with van der Waals surface area (Å²) >= 11 is 0. The van der Waals surface area contributed by atoms with Crippen molar-refractivity contribution >= 4 is 16.0 Å². The molecule has 130 valence electrons. The summed E-state index contributed by atoms with van der Waals surface area (Å²) in [4.78, 5) is 13.7. The van der Waals surface area contributed by atoms with Crippen LogP contribution in [0.2, 0.25) is 0 Å². The van der Waals surface area contributed by atoms with Crippen molar-refractivity contribution < 1.29 is 35.3 Å². The molecule has 0 N–H and O–H groups in total. The van der Waals surface area contributed by atoms with E-state index in [0.29, 0.717) is 13.1 Å². The Labute approximate surface area is 131 Å². The van der Waals surface area contributed by atoms with Crippen LogP contribution in [-0.2, 0) is 10.1 Å². The topological polar surface area (TPSA) is 72.9 Å². The third-order valence-electron chi connectivity index (χ3n) is 2.94. The van der Waals surface area contributed by atoms with Crippen molar-refractivity contribution in [2.75, 3.05) is 20.2 Å². The summed E-state index contributed by atoms with van der Waals surface area (Å²) in [6.07, 6.45) is 0. The largest absolute Gasteiger partial charge is 0.534 e. The van der Waals surface area contributed by atoms with Crippen LogP contribution in [0.15, 0.2) is 18.2 Å². The average molecular weight is 355 g/mol. The molecule has 1 rings (SSSR count). The highest BCUT2D eigenvalue weighted by atomic mass is 32.2. The number of ether oxygens (including phenoxy) is 1. The molecule has 6 nitrogen and oxygen atoms in total. The number of benzene rings is 1. The molecule has 1 aromatic carbocycles. The third kappa shape index (κ3) is 4.27. The summed E-state index contributed by atoms with van der Waals surface area (Å²) in [5, 5.41) is 0. The minimum atomic E-state index is -5.82. The lowest BCUT2D eigenvalue weighted by Crippen LogP contribution is -2.30. The molecule has 0 aliphatic carbocycles. The third-order valence-corrected chi connectivity index (χ3v) is 3.91. The molecule has 1 aromatic rings. The first kappa shape index (κ1) is 19.1. The molecule has 0 heterocycles. The Morgan fingerprint density at radius 1 is 1.17 bits per heavy atom. The van der Waals surface area contributed by atoms with Gasteiger partial charge in [0, 0.05) is 18.7 Å². The molecule has 0 fully saturated rings. The SMILES string of the molecule is CCN(CC)C(=O)c1ccc(OS(=O)(=O)C(F)(F)F)c(OC)c1. The lowest BCUT2D eigenvalue weighted by Gasteiger charge is -2.19. The van der Waals surface area contributed by atoms with Crippen molar-refractivity contribution in [3.63, 3.8) is 0 Å². The maximum absolute atomic E-state index is 12.3. The smallest absolute Gasteiger partial charge is 0.493 e. The Balaban J connectivity index is 3.18. The molecule has 23 heavy (non-hydrogen) atoms. The van der Waals surface area contributed by atoms with E-state index in [9.17, 15) is 26.4 Å². The molecule has 0 unspecified atom stereocenters. The number of carbonyl (C=O) groups is 1. The van der Waals surface area contributed by atoms with Crippen LogP contribution in [0.1, 0.15) is 24.2 Å². The molecule has 1 amide bonds. The first-order chi connectivity index (χ1) is 10.6. The molecule has 0 atom stereocenters. The lowest BCUT2D eigenvalue weighted by atomic mass is 10.1. The van der Waals surface area contributed by atoms with Gasteiger partial charge in [0.1, 0.15) is 0 Å². The van der Waals surface area contributed by atoms with Gasteiger partial charge in [-0.05, 0) is 32.0 Å². The van der Waals surface area contributed by atoms with E-state index in [4.69, 9.17) is 4.74 Å². The van der Waals surface area contributed by atoms with Gasteiger partial charge in [-0.3, -0.25) is 4.79 Å². The molecule has 0 aliphatic rings. The van der Waals surface area contributed by atoms with Gasteiger partial charge in [-0.1, -0.05) is 0 Å². The maximum Gasteiger partial charge on any atom is 0.534 e. The Kier molecular flexibility index (Phi) is 5.86. The van der Waals surface area contributed by atoms with Crippen molar-refractivity contribution in [1.82, 2.24) is 4.90 Å². The standard InChI is InChI=1S/C13H16F3NO5S/c1-4-17(5-2)12(18)9-6-7-10(11(8-9)21-3)22-23(19,20)13(14,15)16/h6-8H,4-5H2,1-3H3. The zero-order chi connectivity index (χ0) is 17.8. The Morgan fingerprint density at radius 3 is 2.17 bits per heavy atom. The fourth-order valence-electron chi connectivity index (χ4n) is 1.73. The molecule has 10 heteroatoms. The van der Waals surface area contributed by atoms with Gasteiger partial charge in [0.05, 0.1) is 7.11 Å². The van der Waals surface area contributed by atoms with E-state index >= 15 is 0 Å². The van der Waals surface area contributed by atoms with Crippen molar-refractivity contribution in [3.05, 3.63) is 23.8 Å². The second-order valence-corrected chi connectivity index (χ2v) is 5.86. The van der Waals surface area contributed by atoms with Crippen molar-refractivity contribution in [2.45, 2.75) is 19.4 Å². The Morgan fingerprint density at radius 2 is 1.74 bits per heavy atom. The minimum Gasteiger partial charge on any atom is -0.493 e. The van der Waals surface area contributed by atoms with E-state index < -0.39 is 21.4 Å². The number of nitrogens with zero attached hydrogens (tertiary/aromatic N) is 1. The van der Waals surface area contributed by atoms with Crippen LogP contribution in [0, 0.1) is 0 Å². The maximum atomic E-state index is 12.3. The predicted molar refractivity (Wildman–Crippen MR) is 75.8 cm³/mol. The van der Waals surface area contributed by atoms with E-state index in [0.717, 1.165) is 19.2 Å². The number of alkyl halides is 3. The van der Waals surface area contributed by atoms with Gasteiger partial charge < -0.3 is 13.8 Å². The normalized spacial score (nSPS) is 11.9. The van der Waals surface area contributed by atoms with Crippen LogP contribution >= 0.6 is 0 Å². The highest BCUT2D eigenvalue weighted by Gasteiger charge is 2.49. The van der Waals surface area contributed by atoms with Gasteiger partial charge in [0.15, 0.2) is 11.5 Å². The van der Waals surface area contributed by atoms with E-state index in [1.165, 1.54) is 11.0 Å². The van der Waals surface area contributed by atoms with Crippen molar-refractivity contribution in [2.24, 2.45) is 0 Å². The molecule has 0 aromatic heterocycles. The summed E-state index contributed by atoms with van der Waals surface area (Å²) in [5.41, 5.74) is -5.42. The number of amides is 1. The number of hydrogen-bond acceptors (Lipinski definition) is 5. The quantitative estimate of drug-likeness (QED) is 0.579. The van der Waals surface area contributed by atoms with Crippen LogP contribution in [0.5, 0.6) is 11.5 Å². The fraction of sp³-hybridized carbons (Fsp3) is 0.462.